The van der Waals surface area contributed by atoms with Crippen LogP contribution in [0.5, 0.6) is 0 Å². The minimum Gasteiger partial charge on any atom is -0.299 e. The molecular weight excluding hydrogens is 388 g/mol. The summed E-state index contributed by atoms with van der Waals surface area (Å²) in [7, 11) is 0. The van der Waals surface area contributed by atoms with Gasteiger partial charge in [-0.25, -0.2) is 0 Å². The molecule has 170 valence electrons. The quantitative estimate of drug-likeness (QED) is 0.325. The fraction of sp³-hybridized carbons (Fsp3) is 0.893. The molecule has 0 aromatic rings. The summed E-state index contributed by atoms with van der Waals surface area (Å²) in [4.78, 5) is 13.3. The van der Waals surface area contributed by atoms with Crippen LogP contribution in [0.25, 0.3) is 0 Å². The van der Waals surface area contributed by atoms with E-state index in [1.807, 2.05) is 0 Å². The lowest BCUT2D eigenvalue weighted by Gasteiger charge is -2.60. The number of hydrogen-bond donors (Lipinski definition) is 0. The molecule has 4 rings (SSSR count). The van der Waals surface area contributed by atoms with Gasteiger partial charge in [-0.05, 0) is 97.2 Å². The molecule has 0 unspecified atom stereocenters. The monoisotopic (exact) mass is 432 g/mol. The summed E-state index contributed by atoms with van der Waals surface area (Å²) in [6.07, 6.45) is 14.4. The zero-order chi connectivity index (χ0) is 21.8. The van der Waals surface area contributed by atoms with Crippen molar-refractivity contribution >= 4 is 17.4 Å². The Hall–Kier alpha value is -0.300. The summed E-state index contributed by atoms with van der Waals surface area (Å²) in [5.41, 5.74) is 0.627. The molecule has 0 spiro atoms. The van der Waals surface area contributed by atoms with Gasteiger partial charge in [0.25, 0.3) is 0 Å². The highest BCUT2D eigenvalue weighted by Gasteiger charge is 2.62. The van der Waals surface area contributed by atoms with Gasteiger partial charge in [-0.1, -0.05) is 53.7 Å². The Morgan fingerprint density at radius 1 is 0.933 bits per heavy atom. The summed E-state index contributed by atoms with van der Waals surface area (Å²) >= 11 is 6.52. The molecule has 30 heavy (non-hydrogen) atoms. The number of fused-ring (bicyclic) bond motifs is 5. The maximum Gasteiger partial charge on any atom is 0.136 e. The van der Waals surface area contributed by atoms with Gasteiger partial charge in [-0.3, -0.25) is 4.79 Å². The minimum absolute atomic E-state index is 0.211. The van der Waals surface area contributed by atoms with Crippen molar-refractivity contribution in [1.29, 1.82) is 0 Å². The molecule has 4 aliphatic rings. The van der Waals surface area contributed by atoms with Crippen molar-refractivity contribution in [3.05, 3.63) is 12.2 Å². The van der Waals surface area contributed by atoms with Crippen LogP contribution in [-0.4, -0.2) is 11.2 Å². The van der Waals surface area contributed by atoms with Crippen molar-refractivity contribution < 1.29 is 4.79 Å². The second kappa shape index (κ2) is 8.24. The second-order valence-corrected chi connectivity index (χ2v) is 13.2. The SMILES string of the molecule is CC(C)[C@@H](C)/C=C\[C@H](C)[C@@H]1CC[C@@H]2[C@H]3CC(=O)[C@H]4C[C@@H](Cl)CC[C@]4(C)[C@@H]3CC[C@@]21C. The Bertz CT molecular complexity index is 682. The molecule has 0 amide bonds. The van der Waals surface area contributed by atoms with Gasteiger partial charge < -0.3 is 0 Å². The number of carbonyl (C=O) groups is 1. The average Bonchev–Trinajstić information content (AvgIpc) is 3.04. The number of rotatable bonds is 4. The van der Waals surface area contributed by atoms with Crippen LogP contribution in [0.2, 0.25) is 0 Å². The van der Waals surface area contributed by atoms with E-state index in [0.717, 1.165) is 43.4 Å². The molecule has 0 aromatic heterocycles. The van der Waals surface area contributed by atoms with Crippen molar-refractivity contribution in [2.45, 2.75) is 98.3 Å². The van der Waals surface area contributed by atoms with Crippen LogP contribution in [0.1, 0.15) is 92.9 Å². The fourth-order valence-corrected chi connectivity index (χ4v) is 8.89. The van der Waals surface area contributed by atoms with Gasteiger partial charge in [-0.15, -0.1) is 11.6 Å². The molecule has 0 heterocycles. The van der Waals surface area contributed by atoms with Gasteiger partial charge in [0.15, 0.2) is 0 Å². The molecule has 4 aliphatic carbocycles. The third-order valence-corrected chi connectivity index (χ3v) is 11.3. The summed E-state index contributed by atoms with van der Waals surface area (Å²) in [6, 6.07) is 0. The number of hydrogen-bond acceptors (Lipinski definition) is 1. The highest BCUT2D eigenvalue weighted by Crippen LogP contribution is 2.67. The Morgan fingerprint density at radius 2 is 1.60 bits per heavy atom. The smallest absolute Gasteiger partial charge is 0.136 e. The third-order valence-electron chi connectivity index (χ3n) is 10.9. The largest absolute Gasteiger partial charge is 0.299 e. The molecule has 4 saturated carbocycles. The van der Waals surface area contributed by atoms with Gasteiger partial charge in [0, 0.05) is 17.7 Å². The van der Waals surface area contributed by atoms with Crippen LogP contribution in [-0.2, 0) is 4.79 Å². The molecule has 0 saturated heterocycles. The molecule has 4 fully saturated rings. The molecule has 0 bridgehead atoms. The highest BCUT2D eigenvalue weighted by atomic mass is 35.5. The Morgan fingerprint density at radius 3 is 2.30 bits per heavy atom. The topological polar surface area (TPSA) is 17.1 Å². The number of ketones is 1. The first kappa shape index (κ1) is 22.9. The molecule has 0 radical (unpaired) electrons. The molecule has 0 N–H and O–H groups in total. The fourth-order valence-electron chi connectivity index (χ4n) is 8.60. The number of alkyl halides is 1. The van der Waals surface area contributed by atoms with Crippen LogP contribution in [0.15, 0.2) is 12.2 Å². The van der Waals surface area contributed by atoms with E-state index in [1.54, 1.807) is 0 Å². The van der Waals surface area contributed by atoms with E-state index in [0.29, 0.717) is 34.9 Å². The van der Waals surface area contributed by atoms with E-state index >= 15 is 0 Å². The third kappa shape index (κ3) is 3.64. The lowest BCUT2D eigenvalue weighted by atomic mass is 9.44. The molecular formula is C28H45ClO. The van der Waals surface area contributed by atoms with E-state index < -0.39 is 0 Å². The Balaban J connectivity index is 1.54. The van der Waals surface area contributed by atoms with Gasteiger partial charge in [0.2, 0.25) is 0 Å². The standard InChI is InChI=1S/C28H45ClO/c1-17(2)18(3)7-8-19(4)22-9-10-23-21-16-26(30)25-15-20(29)11-13-28(25,6)24(21)12-14-27(22,23)5/h7-8,17-25H,9-16H2,1-6H3/b8-7-/t18-,19-,20-,21+,22-,23+,24+,25+,27+,28+/m0/s1. The van der Waals surface area contributed by atoms with Crippen LogP contribution in [0.4, 0.5) is 0 Å². The Labute approximate surface area is 190 Å². The highest BCUT2D eigenvalue weighted by molar-refractivity contribution is 6.20. The van der Waals surface area contributed by atoms with E-state index in [-0.39, 0.29) is 16.7 Å². The maximum absolute atomic E-state index is 13.3. The lowest BCUT2D eigenvalue weighted by molar-refractivity contribution is -0.153. The van der Waals surface area contributed by atoms with Crippen molar-refractivity contribution in [3.63, 3.8) is 0 Å². The maximum atomic E-state index is 13.3. The summed E-state index contributed by atoms with van der Waals surface area (Å²) in [6.45, 7) is 14.5. The number of carbonyl (C=O) groups excluding carboxylic acids is 1. The predicted octanol–water partition coefficient (Wildman–Crippen LogP) is 7.92. The first-order chi connectivity index (χ1) is 14.1. The summed E-state index contributed by atoms with van der Waals surface area (Å²) < 4.78 is 0. The van der Waals surface area contributed by atoms with Crippen molar-refractivity contribution in [3.8, 4) is 0 Å². The Kier molecular flexibility index (Phi) is 6.28. The zero-order valence-electron chi connectivity index (χ0n) is 20.3. The summed E-state index contributed by atoms with van der Waals surface area (Å²) in [5.74, 6) is 5.68. The van der Waals surface area contributed by atoms with E-state index in [2.05, 4.69) is 53.7 Å². The normalized spacial score (nSPS) is 48.3. The van der Waals surface area contributed by atoms with Crippen molar-refractivity contribution in [2.24, 2.45) is 58.2 Å². The minimum atomic E-state index is 0.211. The molecule has 10 atom stereocenters. The molecule has 0 aliphatic heterocycles. The number of Topliss-reactive ketones (excluding diaryl/α,β-unsaturated/α-hetero) is 1. The molecule has 2 heteroatoms. The first-order valence-corrected chi connectivity index (χ1v) is 13.4. The van der Waals surface area contributed by atoms with Crippen LogP contribution < -0.4 is 0 Å². The number of allylic oxidation sites excluding steroid dienone is 2. The molecule has 1 nitrogen and oxygen atoms in total. The van der Waals surface area contributed by atoms with Gasteiger partial charge >= 0.3 is 0 Å². The van der Waals surface area contributed by atoms with Gasteiger partial charge in [-0.2, -0.15) is 0 Å². The lowest BCUT2D eigenvalue weighted by Crippen LogP contribution is -2.56. The van der Waals surface area contributed by atoms with Crippen LogP contribution in [0.3, 0.4) is 0 Å². The van der Waals surface area contributed by atoms with Gasteiger partial charge in [0.1, 0.15) is 5.78 Å². The van der Waals surface area contributed by atoms with Gasteiger partial charge in [0.05, 0.1) is 0 Å². The first-order valence-electron chi connectivity index (χ1n) is 12.9. The van der Waals surface area contributed by atoms with Crippen LogP contribution in [0, 0.1) is 58.2 Å². The van der Waals surface area contributed by atoms with E-state index in [4.69, 9.17) is 11.6 Å². The average molecular weight is 433 g/mol. The number of halogens is 1. The second-order valence-electron chi connectivity index (χ2n) is 12.6. The van der Waals surface area contributed by atoms with E-state index in [1.165, 1.54) is 25.7 Å². The van der Waals surface area contributed by atoms with E-state index in [9.17, 15) is 4.79 Å². The van der Waals surface area contributed by atoms with Crippen molar-refractivity contribution in [1.82, 2.24) is 0 Å². The zero-order valence-corrected chi connectivity index (χ0v) is 21.0. The summed E-state index contributed by atoms with van der Waals surface area (Å²) in [5, 5.41) is 0.217. The predicted molar refractivity (Wildman–Crippen MR) is 128 cm³/mol. The van der Waals surface area contributed by atoms with Crippen LogP contribution >= 0.6 is 11.6 Å². The van der Waals surface area contributed by atoms with Crippen molar-refractivity contribution in [2.75, 3.05) is 0 Å². The molecule has 0 aromatic carbocycles.